The second-order valence-corrected chi connectivity index (χ2v) is 7.76. The number of anilines is 1. The van der Waals surface area contributed by atoms with Crippen molar-refractivity contribution in [2.45, 2.75) is 25.0 Å². The fourth-order valence-corrected chi connectivity index (χ4v) is 3.57. The van der Waals surface area contributed by atoms with Crippen LogP contribution in [0.2, 0.25) is 0 Å². The molecule has 3 N–H and O–H groups in total. The first-order valence-corrected chi connectivity index (χ1v) is 10.9. The van der Waals surface area contributed by atoms with Crippen molar-refractivity contribution in [2.75, 3.05) is 45.8 Å². The second-order valence-electron chi connectivity index (χ2n) is 7.76. The summed E-state index contributed by atoms with van der Waals surface area (Å²) < 4.78 is 15.7. The third-order valence-electron chi connectivity index (χ3n) is 5.41. The summed E-state index contributed by atoms with van der Waals surface area (Å²) in [5.41, 5.74) is 1.05. The zero-order valence-corrected chi connectivity index (χ0v) is 19.0. The molecule has 0 aliphatic carbocycles. The van der Waals surface area contributed by atoms with E-state index in [-0.39, 0.29) is 18.5 Å². The van der Waals surface area contributed by atoms with E-state index < -0.39 is 12.1 Å². The molecular formula is C24H31N3O6. The highest BCUT2D eigenvalue weighted by molar-refractivity contribution is 5.94. The molecule has 2 unspecified atom stereocenters. The number of urea groups is 1. The standard InChI is InChI=1S/C24H31N3O6/c1-31-13-14-33-19-10-8-17(9-11-19)23(29)26-21-16-27(12-4-7-22(21)28)24(30)25-18-5-3-6-20(15-18)32-2/h3,5-6,8-11,15,21-22,28H,4,7,12-14,16H2,1-2H3,(H,25,30)(H,26,29). The van der Waals surface area contributed by atoms with Crippen LogP contribution in [0.1, 0.15) is 23.2 Å². The summed E-state index contributed by atoms with van der Waals surface area (Å²) in [6.45, 7) is 1.57. The zero-order chi connectivity index (χ0) is 23.6. The van der Waals surface area contributed by atoms with E-state index in [4.69, 9.17) is 14.2 Å². The maximum absolute atomic E-state index is 12.8. The minimum absolute atomic E-state index is 0.195. The number of amides is 3. The Labute approximate surface area is 193 Å². The van der Waals surface area contributed by atoms with Gasteiger partial charge in [0.1, 0.15) is 18.1 Å². The lowest BCUT2D eigenvalue weighted by Gasteiger charge is -2.27. The summed E-state index contributed by atoms with van der Waals surface area (Å²) in [7, 11) is 3.16. The van der Waals surface area contributed by atoms with Gasteiger partial charge in [0.05, 0.1) is 25.9 Å². The number of rotatable bonds is 8. The molecule has 1 aliphatic heterocycles. The number of aliphatic hydroxyl groups is 1. The lowest BCUT2D eigenvalue weighted by atomic mass is 10.1. The van der Waals surface area contributed by atoms with Gasteiger partial charge in [0.2, 0.25) is 0 Å². The van der Waals surface area contributed by atoms with E-state index in [1.54, 1.807) is 67.7 Å². The minimum Gasteiger partial charge on any atom is -0.497 e. The lowest BCUT2D eigenvalue weighted by molar-refractivity contribution is 0.0811. The van der Waals surface area contributed by atoms with Crippen molar-refractivity contribution in [3.05, 3.63) is 54.1 Å². The van der Waals surface area contributed by atoms with Crippen LogP contribution in [0.15, 0.2) is 48.5 Å². The van der Waals surface area contributed by atoms with E-state index in [1.165, 1.54) is 0 Å². The molecule has 1 fully saturated rings. The van der Waals surface area contributed by atoms with Crippen LogP contribution in [0.5, 0.6) is 11.5 Å². The van der Waals surface area contributed by atoms with E-state index in [0.29, 0.717) is 55.4 Å². The third kappa shape index (κ3) is 7.10. The number of likely N-dealkylation sites (tertiary alicyclic amines) is 1. The van der Waals surface area contributed by atoms with Crippen LogP contribution in [0.3, 0.4) is 0 Å². The molecule has 1 heterocycles. The van der Waals surface area contributed by atoms with Gasteiger partial charge in [0, 0.05) is 37.5 Å². The molecule has 178 valence electrons. The van der Waals surface area contributed by atoms with Crippen molar-refractivity contribution in [3.63, 3.8) is 0 Å². The van der Waals surface area contributed by atoms with Gasteiger partial charge in [-0.25, -0.2) is 4.79 Å². The predicted octanol–water partition coefficient (Wildman–Crippen LogP) is 2.51. The monoisotopic (exact) mass is 457 g/mol. The SMILES string of the molecule is COCCOc1ccc(C(=O)NC2CN(C(=O)Nc3cccc(OC)c3)CCCC2O)cc1. The molecule has 0 spiro atoms. The van der Waals surface area contributed by atoms with Gasteiger partial charge in [-0.3, -0.25) is 4.79 Å². The Bertz CT molecular complexity index is 921. The van der Waals surface area contributed by atoms with E-state index in [2.05, 4.69) is 10.6 Å². The van der Waals surface area contributed by atoms with Crippen molar-refractivity contribution in [2.24, 2.45) is 0 Å². The fraction of sp³-hybridized carbons (Fsp3) is 0.417. The number of hydrogen-bond acceptors (Lipinski definition) is 6. The number of aliphatic hydroxyl groups excluding tert-OH is 1. The summed E-state index contributed by atoms with van der Waals surface area (Å²) in [5, 5.41) is 16.3. The first-order chi connectivity index (χ1) is 16.0. The quantitative estimate of drug-likeness (QED) is 0.526. The average Bonchev–Trinajstić information content (AvgIpc) is 3.01. The maximum Gasteiger partial charge on any atom is 0.321 e. The molecule has 3 amide bonds. The summed E-state index contributed by atoms with van der Waals surface area (Å²) >= 11 is 0. The van der Waals surface area contributed by atoms with Gasteiger partial charge < -0.3 is 34.9 Å². The number of benzene rings is 2. The van der Waals surface area contributed by atoms with Gasteiger partial charge >= 0.3 is 6.03 Å². The Morgan fingerprint density at radius 1 is 1.09 bits per heavy atom. The van der Waals surface area contributed by atoms with Crippen LogP contribution in [0, 0.1) is 0 Å². The largest absolute Gasteiger partial charge is 0.497 e. The smallest absolute Gasteiger partial charge is 0.321 e. The highest BCUT2D eigenvalue weighted by Gasteiger charge is 2.29. The Hall–Kier alpha value is -3.30. The molecule has 1 saturated heterocycles. The highest BCUT2D eigenvalue weighted by Crippen LogP contribution is 2.19. The van der Waals surface area contributed by atoms with Gasteiger partial charge in [-0.15, -0.1) is 0 Å². The van der Waals surface area contributed by atoms with Gasteiger partial charge in [0.25, 0.3) is 5.91 Å². The molecule has 9 heteroatoms. The van der Waals surface area contributed by atoms with Gasteiger partial charge in [0.15, 0.2) is 0 Å². The molecule has 9 nitrogen and oxygen atoms in total. The molecular weight excluding hydrogens is 426 g/mol. The van der Waals surface area contributed by atoms with Crippen molar-refractivity contribution >= 4 is 17.6 Å². The molecule has 2 atom stereocenters. The number of nitrogens with zero attached hydrogens (tertiary/aromatic N) is 1. The molecule has 0 aromatic heterocycles. The third-order valence-corrected chi connectivity index (χ3v) is 5.41. The van der Waals surface area contributed by atoms with E-state index in [0.717, 1.165) is 0 Å². The molecule has 2 aromatic carbocycles. The maximum atomic E-state index is 12.8. The molecule has 0 radical (unpaired) electrons. The molecule has 0 saturated carbocycles. The summed E-state index contributed by atoms with van der Waals surface area (Å²) in [6.07, 6.45) is 0.368. The Kier molecular flexibility index (Phi) is 8.91. The highest BCUT2D eigenvalue weighted by atomic mass is 16.5. The number of methoxy groups -OCH3 is 2. The number of nitrogens with one attached hydrogen (secondary N) is 2. The Balaban J connectivity index is 1.60. The molecule has 33 heavy (non-hydrogen) atoms. The van der Waals surface area contributed by atoms with Gasteiger partial charge in [-0.05, 0) is 49.2 Å². The fourth-order valence-electron chi connectivity index (χ4n) is 3.57. The van der Waals surface area contributed by atoms with E-state index >= 15 is 0 Å². The molecule has 2 aromatic rings. The van der Waals surface area contributed by atoms with Gasteiger partial charge in [-0.1, -0.05) is 6.07 Å². The van der Waals surface area contributed by atoms with Crippen molar-refractivity contribution in [1.29, 1.82) is 0 Å². The molecule has 3 rings (SSSR count). The van der Waals surface area contributed by atoms with E-state index in [9.17, 15) is 14.7 Å². The lowest BCUT2D eigenvalue weighted by Crippen LogP contribution is -2.50. The predicted molar refractivity (Wildman–Crippen MR) is 124 cm³/mol. The van der Waals surface area contributed by atoms with Crippen LogP contribution in [0.25, 0.3) is 0 Å². The number of ether oxygens (including phenoxy) is 3. The Morgan fingerprint density at radius 3 is 2.61 bits per heavy atom. The second kappa shape index (κ2) is 12.1. The average molecular weight is 458 g/mol. The molecule has 1 aliphatic rings. The van der Waals surface area contributed by atoms with Crippen LogP contribution in [-0.2, 0) is 4.74 Å². The van der Waals surface area contributed by atoms with Crippen molar-refractivity contribution in [3.8, 4) is 11.5 Å². The Morgan fingerprint density at radius 2 is 1.88 bits per heavy atom. The number of carbonyl (C=O) groups is 2. The summed E-state index contributed by atoms with van der Waals surface area (Å²) in [4.78, 5) is 27.2. The van der Waals surface area contributed by atoms with Crippen LogP contribution in [-0.4, -0.2) is 74.6 Å². The topological polar surface area (TPSA) is 109 Å². The minimum atomic E-state index is -0.750. The number of carbonyl (C=O) groups excluding carboxylic acids is 2. The van der Waals surface area contributed by atoms with Crippen LogP contribution < -0.4 is 20.1 Å². The van der Waals surface area contributed by atoms with E-state index in [1.807, 2.05) is 0 Å². The molecule has 0 bridgehead atoms. The first-order valence-electron chi connectivity index (χ1n) is 10.9. The summed E-state index contributed by atoms with van der Waals surface area (Å²) in [6, 6.07) is 12.9. The summed E-state index contributed by atoms with van der Waals surface area (Å²) in [5.74, 6) is 0.954. The zero-order valence-electron chi connectivity index (χ0n) is 19.0. The van der Waals surface area contributed by atoms with Crippen molar-refractivity contribution in [1.82, 2.24) is 10.2 Å². The number of hydrogen-bond donors (Lipinski definition) is 3. The normalized spacial score (nSPS) is 18.2. The first kappa shape index (κ1) is 24.3. The van der Waals surface area contributed by atoms with Crippen LogP contribution in [0.4, 0.5) is 10.5 Å². The van der Waals surface area contributed by atoms with Gasteiger partial charge in [-0.2, -0.15) is 0 Å². The van der Waals surface area contributed by atoms with Crippen molar-refractivity contribution < 1.29 is 28.9 Å². The van der Waals surface area contributed by atoms with Crippen LogP contribution >= 0.6 is 0 Å².